The van der Waals surface area contributed by atoms with Crippen molar-refractivity contribution in [3.05, 3.63) is 33.2 Å². The Morgan fingerprint density at radius 2 is 2.38 bits per heavy atom. The van der Waals surface area contributed by atoms with Crippen LogP contribution in [-0.4, -0.2) is 16.2 Å². The van der Waals surface area contributed by atoms with E-state index in [0.717, 1.165) is 21.9 Å². The number of halogens is 1. The molecular weight excluding hydrogens is 306 g/mol. The van der Waals surface area contributed by atoms with Crippen LogP contribution in [0, 0.1) is 0 Å². The number of nitrogens with zero attached hydrogens (tertiary/aromatic N) is 2. The average molecular weight is 316 g/mol. The fourth-order valence-electron chi connectivity index (χ4n) is 1.17. The van der Waals surface area contributed by atoms with Crippen LogP contribution >= 0.6 is 39.0 Å². The van der Waals surface area contributed by atoms with Crippen LogP contribution in [0.15, 0.2) is 33.3 Å². The maximum absolute atomic E-state index is 4.17. The topological polar surface area (TPSA) is 37.8 Å². The number of anilines is 1. The first kappa shape index (κ1) is 11.9. The SMILES string of the molecule is CSc1cc(NCc2sccc2Br)ncn1. The first-order valence-electron chi connectivity index (χ1n) is 4.61. The van der Waals surface area contributed by atoms with Crippen LogP contribution in [-0.2, 0) is 6.54 Å². The Morgan fingerprint density at radius 1 is 1.50 bits per heavy atom. The Kier molecular flexibility index (Phi) is 4.20. The zero-order valence-electron chi connectivity index (χ0n) is 8.61. The highest BCUT2D eigenvalue weighted by atomic mass is 79.9. The molecule has 2 aromatic heterocycles. The Labute approximate surface area is 111 Å². The molecule has 1 N–H and O–H groups in total. The lowest BCUT2D eigenvalue weighted by Gasteiger charge is -2.04. The van der Waals surface area contributed by atoms with Crippen LogP contribution in [0.3, 0.4) is 0 Å². The maximum Gasteiger partial charge on any atom is 0.130 e. The summed E-state index contributed by atoms with van der Waals surface area (Å²) in [4.78, 5) is 9.56. The van der Waals surface area contributed by atoms with Crippen LogP contribution in [0.2, 0.25) is 0 Å². The van der Waals surface area contributed by atoms with E-state index >= 15 is 0 Å². The fourth-order valence-corrected chi connectivity index (χ4v) is 2.98. The molecule has 0 bridgehead atoms. The monoisotopic (exact) mass is 315 g/mol. The molecule has 0 amide bonds. The van der Waals surface area contributed by atoms with E-state index in [0.29, 0.717) is 0 Å². The lowest BCUT2D eigenvalue weighted by molar-refractivity contribution is 1.03. The third-order valence-electron chi connectivity index (χ3n) is 1.97. The summed E-state index contributed by atoms with van der Waals surface area (Å²) in [5.74, 6) is 0.861. The lowest BCUT2D eigenvalue weighted by atomic mass is 10.4. The van der Waals surface area contributed by atoms with Gasteiger partial charge in [0.25, 0.3) is 0 Å². The minimum atomic E-state index is 0.781. The van der Waals surface area contributed by atoms with Crippen LogP contribution in [0.25, 0.3) is 0 Å². The molecule has 0 saturated carbocycles. The minimum absolute atomic E-state index is 0.781. The molecule has 2 heterocycles. The van der Waals surface area contributed by atoms with Crippen molar-refractivity contribution >= 4 is 44.8 Å². The second-order valence-corrected chi connectivity index (χ2v) is 5.67. The maximum atomic E-state index is 4.17. The predicted molar refractivity (Wildman–Crippen MR) is 73.2 cm³/mol. The molecule has 0 atom stereocenters. The first-order valence-corrected chi connectivity index (χ1v) is 7.51. The summed E-state index contributed by atoms with van der Waals surface area (Å²) in [5.41, 5.74) is 0. The zero-order chi connectivity index (χ0) is 11.4. The number of thiophene rings is 1. The second-order valence-electron chi connectivity index (χ2n) is 2.99. The number of thioether (sulfide) groups is 1. The van der Waals surface area contributed by atoms with Crippen molar-refractivity contribution in [3.8, 4) is 0 Å². The highest BCUT2D eigenvalue weighted by Gasteiger charge is 2.02. The van der Waals surface area contributed by atoms with Gasteiger partial charge in [-0.15, -0.1) is 23.1 Å². The molecule has 0 aliphatic heterocycles. The lowest BCUT2D eigenvalue weighted by Crippen LogP contribution is -2.00. The van der Waals surface area contributed by atoms with Crippen molar-refractivity contribution < 1.29 is 0 Å². The van der Waals surface area contributed by atoms with Gasteiger partial charge in [-0.1, -0.05) is 0 Å². The minimum Gasteiger partial charge on any atom is -0.365 e. The standard InChI is InChI=1S/C10H10BrN3S2/c1-15-10-4-9(13-6-14-10)12-5-8-7(11)2-3-16-8/h2-4,6H,5H2,1H3,(H,12,13,14). The number of aromatic nitrogens is 2. The molecule has 0 unspecified atom stereocenters. The Morgan fingerprint density at radius 3 is 3.06 bits per heavy atom. The molecule has 2 aromatic rings. The summed E-state index contributed by atoms with van der Waals surface area (Å²) in [6.45, 7) is 0.781. The fraction of sp³-hybridized carbons (Fsp3) is 0.200. The molecule has 0 spiro atoms. The molecule has 0 aliphatic rings. The molecule has 0 aliphatic carbocycles. The summed E-state index contributed by atoms with van der Waals surface area (Å²) in [6.07, 6.45) is 3.58. The van der Waals surface area contributed by atoms with E-state index in [1.807, 2.05) is 12.3 Å². The van der Waals surface area contributed by atoms with Gasteiger partial charge in [-0.05, 0) is 33.6 Å². The molecule has 0 aromatic carbocycles. The predicted octanol–water partition coefficient (Wildman–Crippen LogP) is 3.63. The van der Waals surface area contributed by atoms with E-state index in [1.165, 1.54) is 4.88 Å². The molecule has 16 heavy (non-hydrogen) atoms. The van der Waals surface area contributed by atoms with E-state index in [4.69, 9.17) is 0 Å². The van der Waals surface area contributed by atoms with Gasteiger partial charge in [0.1, 0.15) is 17.2 Å². The van der Waals surface area contributed by atoms with Gasteiger partial charge in [-0.2, -0.15) is 0 Å². The number of hydrogen-bond donors (Lipinski definition) is 1. The normalized spacial score (nSPS) is 10.4. The van der Waals surface area contributed by atoms with E-state index in [9.17, 15) is 0 Å². The number of hydrogen-bond acceptors (Lipinski definition) is 5. The average Bonchev–Trinajstić information content (AvgIpc) is 2.72. The van der Waals surface area contributed by atoms with Gasteiger partial charge in [0.15, 0.2) is 0 Å². The Bertz CT molecular complexity index is 473. The summed E-state index contributed by atoms with van der Waals surface area (Å²) in [6, 6.07) is 4.00. The summed E-state index contributed by atoms with van der Waals surface area (Å²) >= 11 is 6.83. The highest BCUT2D eigenvalue weighted by molar-refractivity contribution is 9.10. The summed E-state index contributed by atoms with van der Waals surface area (Å²) in [5, 5.41) is 6.32. The Hall–Kier alpha value is -0.590. The molecule has 84 valence electrons. The van der Waals surface area contributed by atoms with Gasteiger partial charge in [0, 0.05) is 15.4 Å². The third kappa shape index (κ3) is 2.96. The summed E-state index contributed by atoms with van der Waals surface area (Å²) < 4.78 is 1.14. The molecule has 2 rings (SSSR count). The van der Waals surface area contributed by atoms with Crippen molar-refractivity contribution in [2.24, 2.45) is 0 Å². The van der Waals surface area contributed by atoms with E-state index < -0.39 is 0 Å². The summed E-state index contributed by atoms with van der Waals surface area (Å²) in [7, 11) is 0. The van der Waals surface area contributed by atoms with E-state index in [-0.39, 0.29) is 0 Å². The molecule has 0 radical (unpaired) electrons. The zero-order valence-corrected chi connectivity index (χ0v) is 11.8. The van der Waals surface area contributed by atoms with Crippen LogP contribution < -0.4 is 5.32 Å². The van der Waals surface area contributed by atoms with Gasteiger partial charge in [0.2, 0.25) is 0 Å². The number of rotatable bonds is 4. The van der Waals surface area contributed by atoms with Gasteiger partial charge in [-0.3, -0.25) is 0 Å². The first-order chi connectivity index (χ1) is 7.79. The number of nitrogens with one attached hydrogen (secondary N) is 1. The molecular formula is C10H10BrN3S2. The third-order valence-corrected chi connectivity index (χ3v) is 4.54. The van der Waals surface area contributed by atoms with E-state index in [2.05, 4.69) is 42.7 Å². The van der Waals surface area contributed by atoms with Crippen molar-refractivity contribution in [2.45, 2.75) is 11.6 Å². The van der Waals surface area contributed by atoms with Crippen LogP contribution in [0.1, 0.15) is 4.88 Å². The van der Waals surface area contributed by atoms with Gasteiger partial charge >= 0.3 is 0 Å². The largest absolute Gasteiger partial charge is 0.365 e. The molecule has 0 saturated heterocycles. The van der Waals surface area contributed by atoms with Crippen molar-refractivity contribution in [1.29, 1.82) is 0 Å². The molecule has 6 heteroatoms. The van der Waals surface area contributed by atoms with Crippen molar-refractivity contribution in [3.63, 3.8) is 0 Å². The molecule has 3 nitrogen and oxygen atoms in total. The van der Waals surface area contributed by atoms with Crippen molar-refractivity contribution in [2.75, 3.05) is 11.6 Å². The quantitative estimate of drug-likeness (QED) is 0.690. The highest BCUT2D eigenvalue weighted by Crippen LogP contribution is 2.23. The van der Waals surface area contributed by atoms with Gasteiger partial charge < -0.3 is 5.32 Å². The Balaban J connectivity index is 2.02. The van der Waals surface area contributed by atoms with Crippen LogP contribution in [0.5, 0.6) is 0 Å². The van der Waals surface area contributed by atoms with E-state index in [1.54, 1.807) is 29.4 Å². The van der Waals surface area contributed by atoms with Gasteiger partial charge in [0.05, 0.1) is 6.54 Å². The van der Waals surface area contributed by atoms with Crippen LogP contribution in [0.4, 0.5) is 5.82 Å². The molecule has 0 fully saturated rings. The second kappa shape index (κ2) is 5.65. The smallest absolute Gasteiger partial charge is 0.130 e. The van der Waals surface area contributed by atoms with Crippen molar-refractivity contribution in [1.82, 2.24) is 9.97 Å². The van der Waals surface area contributed by atoms with Gasteiger partial charge in [-0.25, -0.2) is 9.97 Å².